The predicted octanol–water partition coefficient (Wildman–Crippen LogP) is 3.67. The summed E-state index contributed by atoms with van der Waals surface area (Å²) in [5.41, 5.74) is -1.05. The van der Waals surface area contributed by atoms with Crippen LogP contribution in [0.3, 0.4) is 0 Å². The molecule has 0 radical (unpaired) electrons. The van der Waals surface area contributed by atoms with E-state index in [4.69, 9.17) is 0 Å². The Balaban J connectivity index is 2.09. The molecule has 1 atom stereocenters. The minimum absolute atomic E-state index is 0.00360. The van der Waals surface area contributed by atoms with E-state index in [1.165, 1.54) is 22.9 Å². The first-order valence-electron chi connectivity index (χ1n) is 10.5. The number of pyridine rings is 1. The zero-order chi connectivity index (χ0) is 27.1. The maximum atomic E-state index is 14.7. The van der Waals surface area contributed by atoms with E-state index in [0.29, 0.717) is 11.8 Å². The van der Waals surface area contributed by atoms with Crippen molar-refractivity contribution in [1.29, 1.82) is 0 Å². The van der Waals surface area contributed by atoms with Gasteiger partial charge in [0.1, 0.15) is 11.5 Å². The first-order chi connectivity index (χ1) is 16.5. The molecule has 0 saturated carbocycles. The van der Waals surface area contributed by atoms with Crippen LogP contribution in [0.2, 0.25) is 0 Å². The van der Waals surface area contributed by atoms with Crippen molar-refractivity contribution < 1.29 is 34.4 Å². The Bertz CT molecular complexity index is 1590. The van der Waals surface area contributed by atoms with Crippen LogP contribution in [-0.2, 0) is 19.9 Å². The molecular formula is C21H22F4N4O5S2. The van der Waals surface area contributed by atoms with Crippen LogP contribution in [0.25, 0.3) is 22.2 Å². The monoisotopic (exact) mass is 550 g/mol. The van der Waals surface area contributed by atoms with E-state index in [-0.39, 0.29) is 16.8 Å². The molecule has 2 aromatic heterocycles. The molecule has 0 amide bonds. The van der Waals surface area contributed by atoms with Crippen LogP contribution in [-0.4, -0.2) is 49.6 Å². The molecule has 3 rings (SSSR count). The number of sulfone groups is 1. The maximum Gasteiger partial charge on any atom is 0.390 e. The lowest BCUT2D eigenvalue weighted by atomic mass is 10.0. The van der Waals surface area contributed by atoms with Gasteiger partial charge in [0.15, 0.2) is 0 Å². The van der Waals surface area contributed by atoms with Crippen molar-refractivity contribution in [2.45, 2.75) is 44.1 Å². The number of rotatable bonds is 8. The number of fused-ring (bicyclic) bond motifs is 1. The minimum Gasteiger partial charge on any atom is -0.289 e. The third-order valence-corrected chi connectivity index (χ3v) is 7.45. The van der Waals surface area contributed by atoms with E-state index < -0.39 is 66.5 Å². The molecule has 0 fully saturated rings. The van der Waals surface area contributed by atoms with Gasteiger partial charge in [-0.3, -0.25) is 14.1 Å². The molecule has 0 aliphatic carbocycles. The smallest absolute Gasteiger partial charge is 0.289 e. The molecule has 15 heteroatoms. The molecule has 0 bridgehead atoms. The lowest BCUT2D eigenvalue weighted by molar-refractivity contribution is -0.129. The Hall–Kier alpha value is -3.07. The third-order valence-electron chi connectivity index (χ3n) is 5.31. The fourth-order valence-electron chi connectivity index (χ4n) is 3.32. The summed E-state index contributed by atoms with van der Waals surface area (Å²) in [5, 5.41) is -0.165. The molecule has 36 heavy (non-hydrogen) atoms. The van der Waals surface area contributed by atoms with Crippen LogP contribution in [0.5, 0.6) is 0 Å². The summed E-state index contributed by atoms with van der Waals surface area (Å²) in [6.45, 7) is 3.51. The number of alkyl halides is 3. The Morgan fingerprint density at radius 1 is 1.14 bits per heavy atom. The first kappa shape index (κ1) is 27.5. The minimum atomic E-state index is -4.70. The van der Waals surface area contributed by atoms with Gasteiger partial charge in [-0.15, -0.1) is 0 Å². The number of anilines is 1. The Labute approximate surface area is 204 Å². The van der Waals surface area contributed by atoms with Crippen molar-refractivity contribution in [3.8, 4) is 11.1 Å². The van der Waals surface area contributed by atoms with Gasteiger partial charge in [-0.05, 0) is 37.1 Å². The predicted molar refractivity (Wildman–Crippen MR) is 125 cm³/mol. The van der Waals surface area contributed by atoms with Crippen molar-refractivity contribution in [3.63, 3.8) is 0 Å². The second-order valence-electron chi connectivity index (χ2n) is 8.17. The fourth-order valence-corrected chi connectivity index (χ4v) is 4.91. The van der Waals surface area contributed by atoms with Crippen LogP contribution in [0.4, 0.5) is 23.2 Å². The highest BCUT2D eigenvalue weighted by Crippen LogP contribution is 2.27. The van der Waals surface area contributed by atoms with E-state index in [0.717, 1.165) is 18.4 Å². The lowest BCUT2D eigenvalue weighted by Crippen LogP contribution is -2.26. The van der Waals surface area contributed by atoms with Crippen molar-refractivity contribution in [2.75, 3.05) is 16.7 Å². The number of hydrogen-bond acceptors (Lipinski definition) is 7. The topological polar surface area (TPSA) is 128 Å². The van der Waals surface area contributed by atoms with Crippen molar-refractivity contribution in [1.82, 2.24) is 14.5 Å². The molecule has 9 nitrogen and oxygen atoms in total. The molecule has 0 spiro atoms. The van der Waals surface area contributed by atoms with Crippen LogP contribution >= 0.6 is 0 Å². The van der Waals surface area contributed by atoms with Crippen molar-refractivity contribution >= 4 is 36.6 Å². The third kappa shape index (κ3) is 6.19. The molecule has 0 saturated heterocycles. The lowest BCUT2D eigenvalue weighted by Gasteiger charge is -2.18. The average molecular weight is 551 g/mol. The summed E-state index contributed by atoms with van der Waals surface area (Å²) >= 11 is 0. The number of aromatic nitrogens is 3. The summed E-state index contributed by atoms with van der Waals surface area (Å²) in [5.74, 6) is -2.39. The molecule has 3 aromatic rings. The van der Waals surface area contributed by atoms with Crippen LogP contribution in [0.1, 0.15) is 32.7 Å². The summed E-state index contributed by atoms with van der Waals surface area (Å²) in [4.78, 5) is 21.2. The van der Waals surface area contributed by atoms with E-state index in [2.05, 4.69) is 9.97 Å². The molecule has 1 N–H and O–H groups in total. The Morgan fingerprint density at radius 2 is 1.81 bits per heavy atom. The molecule has 2 heterocycles. The molecule has 196 valence electrons. The molecule has 0 aliphatic rings. The number of sulfonamides is 1. The number of nitrogens with one attached hydrogen (secondary N) is 1. The fraction of sp³-hybridized carbons (Fsp3) is 0.381. The summed E-state index contributed by atoms with van der Waals surface area (Å²) in [6, 6.07) is 4.03. The average Bonchev–Trinajstić information content (AvgIpc) is 2.77. The van der Waals surface area contributed by atoms with E-state index in [1.807, 2.05) is 0 Å². The normalized spacial score (nSPS) is 13.6. The van der Waals surface area contributed by atoms with Gasteiger partial charge >= 0.3 is 6.18 Å². The second-order valence-corrected chi connectivity index (χ2v) is 11.9. The second kappa shape index (κ2) is 9.76. The van der Waals surface area contributed by atoms with Crippen molar-refractivity contribution in [2.24, 2.45) is 0 Å². The van der Waals surface area contributed by atoms with E-state index in [1.54, 1.807) is 18.6 Å². The zero-order valence-electron chi connectivity index (χ0n) is 19.3. The van der Waals surface area contributed by atoms with Gasteiger partial charge < -0.3 is 0 Å². The van der Waals surface area contributed by atoms with Gasteiger partial charge in [0, 0.05) is 29.4 Å². The highest BCUT2D eigenvalue weighted by molar-refractivity contribution is 7.92. The van der Waals surface area contributed by atoms with E-state index >= 15 is 0 Å². The highest BCUT2D eigenvalue weighted by atomic mass is 32.2. The highest BCUT2D eigenvalue weighted by Gasteiger charge is 2.30. The summed E-state index contributed by atoms with van der Waals surface area (Å²) in [6.07, 6.45) is -3.68. The van der Waals surface area contributed by atoms with Gasteiger partial charge in [-0.2, -0.15) is 18.2 Å². The van der Waals surface area contributed by atoms with Crippen molar-refractivity contribution in [3.05, 3.63) is 46.6 Å². The molecule has 0 aliphatic heterocycles. The van der Waals surface area contributed by atoms with Gasteiger partial charge in [0.25, 0.3) is 5.56 Å². The zero-order valence-corrected chi connectivity index (χ0v) is 20.9. The number of hydrogen-bond donors (Lipinski definition) is 1. The number of benzene rings is 1. The van der Waals surface area contributed by atoms with Crippen LogP contribution in [0, 0.1) is 5.82 Å². The quantitative estimate of drug-likeness (QED) is 0.335. The summed E-state index contributed by atoms with van der Waals surface area (Å²) in [7, 11) is -8.25. The Morgan fingerprint density at radius 3 is 2.36 bits per heavy atom. The van der Waals surface area contributed by atoms with Gasteiger partial charge in [0.2, 0.25) is 25.0 Å². The van der Waals surface area contributed by atoms with E-state index in [9.17, 15) is 39.2 Å². The number of nitrogens with zero attached hydrogens (tertiary/aromatic N) is 3. The molecule has 1 aromatic carbocycles. The first-order valence-corrected chi connectivity index (χ1v) is 14.1. The Kier molecular flexibility index (Phi) is 7.46. The van der Waals surface area contributed by atoms with Gasteiger partial charge in [-0.25, -0.2) is 26.2 Å². The van der Waals surface area contributed by atoms with Crippen LogP contribution in [0.15, 0.2) is 40.4 Å². The van der Waals surface area contributed by atoms with Gasteiger partial charge in [0.05, 0.1) is 17.9 Å². The SMILES string of the molecule is CC[C@@H](C)n1c(=O)c(-c2ccc(NS(=O)(=O)CCC(F)(F)F)c(F)c2)cc2cnc(S(C)(=O)=O)nc21. The largest absolute Gasteiger partial charge is 0.390 e. The maximum absolute atomic E-state index is 14.7. The number of halogens is 4. The molecule has 0 unspecified atom stereocenters. The summed E-state index contributed by atoms with van der Waals surface area (Å²) < 4.78 is 102. The molecular weight excluding hydrogens is 528 g/mol. The van der Waals surface area contributed by atoms with Gasteiger partial charge in [-0.1, -0.05) is 13.0 Å². The van der Waals surface area contributed by atoms with Crippen LogP contribution < -0.4 is 10.3 Å². The standard InChI is InChI=1S/C21H22F4N4O5S2/c1-4-12(2)29-18-14(11-26-20(27-18)35(3,31)32)9-15(19(29)30)13-5-6-17(16(22)10-13)28-36(33,34)8-7-21(23,24)25/h5-6,9-12,28H,4,7-8H2,1-3H3/t12-/m1/s1.